The summed E-state index contributed by atoms with van der Waals surface area (Å²) in [7, 11) is 1.57. The maximum absolute atomic E-state index is 11.0. The number of aromatic nitrogens is 3. The average molecular weight is 434 g/mol. The van der Waals surface area contributed by atoms with Gasteiger partial charge in [0.25, 0.3) is 0 Å². The number of rotatable bonds is 4. The summed E-state index contributed by atoms with van der Waals surface area (Å²) in [5, 5.41) is 11.8. The second-order valence-electron chi connectivity index (χ2n) is 8.46. The number of thiazole rings is 1. The Kier molecular flexibility index (Phi) is 5.29. The summed E-state index contributed by atoms with van der Waals surface area (Å²) >= 11 is 1.50. The van der Waals surface area contributed by atoms with Gasteiger partial charge in [-0.3, -0.25) is 0 Å². The van der Waals surface area contributed by atoms with Crippen molar-refractivity contribution in [2.75, 3.05) is 7.11 Å². The molecule has 4 aromatic rings. The van der Waals surface area contributed by atoms with Gasteiger partial charge in [0.15, 0.2) is 0 Å². The molecule has 1 unspecified atom stereocenters. The summed E-state index contributed by atoms with van der Waals surface area (Å²) in [6.45, 7) is 7.93. The van der Waals surface area contributed by atoms with Crippen molar-refractivity contribution in [1.29, 1.82) is 0 Å². The van der Waals surface area contributed by atoms with Gasteiger partial charge in [-0.15, -0.1) is 11.3 Å². The van der Waals surface area contributed by atoms with Crippen LogP contribution in [0.2, 0.25) is 0 Å². The minimum atomic E-state index is -0.746. The topological polar surface area (TPSA) is 77.4 Å². The molecule has 2 heterocycles. The van der Waals surface area contributed by atoms with Crippen molar-refractivity contribution in [3.05, 3.63) is 41.6 Å². The zero-order valence-electron chi connectivity index (χ0n) is 18.1. The Morgan fingerprint density at radius 2 is 1.90 bits per heavy atom. The number of benzene rings is 2. The van der Waals surface area contributed by atoms with E-state index in [1.165, 1.54) is 11.3 Å². The quantitative estimate of drug-likeness (QED) is 0.442. The van der Waals surface area contributed by atoms with Crippen LogP contribution in [0.1, 0.15) is 38.0 Å². The molecule has 0 bridgehead atoms. The number of hydrogen-bond donors (Lipinski definition) is 1. The van der Waals surface area contributed by atoms with Crippen molar-refractivity contribution >= 4 is 32.6 Å². The van der Waals surface area contributed by atoms with Crippen molar-refractivity contribution in [2.45, 2.75) is 33.8 Å². The monoisotopic (exact) mass is 433 g/mol. The molecule has 31 heavy (non-hydrogen) atoms. The predicted molar refractivity (Wildman–Crippen MR) is 123 cm³/mol. The Balaban J connectivity index is 1.97. The van der Waals surface area contributed by atoms with Crippen LogP contribution < -0.4 is 9.47 Å². The molecular formula is C24H23N3O3S. The second kappa shape index (κ2) is 7.80. The van der Waals surface area contributed by atoms with Crippen LogP contribution in [0.15, 0.2) is 30.5 Å². The first-order valence-corrected chi connectivity index (χ1v) is 10.6. The highest BCUT2D eigenvalue weighted by Crippen LogP contribution is 2.42. The molecule has 7 heteroatoms. The first-order valence-electron chi connectivity index (χ1n) is 9.78. The van der Waals surface area contributed by atoms with Crippen LogP contribution >= 0.6 is 11.3 Å². The standard InChI is InChI=1S/C24H23N3O3S/c1-7-30-14-10-15(22(28)24(3,4)5)21-18(11-14)31-23(27-21)16-8-13(2)9-17-20(16)25-12-19(26-17)29-6/h1,8-12,22,28H,2-6H3. The molecule has 1 N–H and O–H groups in total. The van der Waals surface area contributed by atoms with Gasteiger partial charge in [-0.25, -0.2) is 15.0 Å². The van der Waals surface area contributed by atoms with Crippen molar-refractivity contribution in [3.63, 3.8) is 0 Å². The Morgan fingerprint density at radius 1 is 1.13 bits per heavy atom. The molecule has 1 atom stereocenters. The van der Waals surface area contributed by atoms with E-state index >= 15 is 0 Å². The molecular weight excluding hydrogens is 410 g/mol. The van der Waals surface area contributed by atoms with Crippen molar-refractivity contribution in [2.24, 2.45) is 5.41 Å². The second-order valence-corrected chi connectivity index (χ2v) is 9.49. The number of aliphatic hydroxyl groups excluding tert-OH is 1. The maximum Gasteiger partial charge on any atom is 0.232 e. The SMILES string of the molecule is C#COc1cc(C(O)C(C)(C)C)c2nc(-c3cc(C)cc4nc(OC)cnc34)sc2c1. The fraction of sp³-hybridized carbons (Fsp3) is 0.292. The number of terminal acetylenes is 1. The van der Waals surface area contributed by atoms with E-state index in [0.29, 0.717) is 17.2 Å². The molecule has 4 rings (SSSR count). The molecule has 0 aliphatic rings. The largest absolute Gasteiger partial charge is 0.480 e. The highest BCUT2D eigenvalue weighted by molar-refractivity contribution is 7.21. The molecule has 0 saturated carbocycles. The lowest BCUT2D eigenvalue weighted by molar-refractivity contribution is 0.0637. The van der Waals surface area contributed by atoms with Gasteiger partial charge in [0.05, 0.1) is 40.7 Å². The fourth-order valence-corrected chi connectivity index (χ4v) is 4.50. The van der Waals surface area contributed by atoms with E-state index in [0.717, 1.165) is 37.4 Å². The predicted octanol–water partition coefficient (Wildman–Crippen LogP) is 5.27. The number of nitrogens with zero attached hydrogens (tertiary/aromatic N) is 3. The van der Waals surface area contributed by atoms with Crippen LogP contribution in [0.25, 0.3) is 31.8 Å². The highest BCUT2D eigenvalue weighted by Gasteiger charge is 2.28. The Labute approximate surface area is 184 Å². The van der Waals surface area contributed by atoms with E-state index in [-0.39, 0.29) is 5.41 Å². The number of hydrogen-bond acceptors (Lipinski definition) is 7. The van der Waals surface area contributed by atoms with E-state index < -0.39 is 6.10 Å². The normalized spacial score (nSPS) is 12.7. The number of aliphatic hydroxyl groups is 1. The minimum absolute atomic E-state index is 0.385. The Bertz CT molecular complexity index is 1330. The van der Waals surface area contributed by atoms with E-state index in [9.17, 15) is 5.11 Å². The highest BCUT2D eigenvalue weighted by atomic mass is 32.1. The van der Waals surface area contributed by atoms with E-state index in [1.54, 1.807) is 19.4 Å². The third-order valence-electron chi connectivity index (χ3n) is 5.00. The molecule has 0 fully saturated rings. The molecule has 158 valence electrons. The lowest BCUT2D eigenvalue weighted by atomic mass is 9.84. The third-order valence-corrected chi connectivity index (χ3v) is 6.03. The van der Waals surface area contributed by atoms with Gasteiger partial charge in [0.1, 0.15) is 16.9 Å². The van der Waals surface area contributed by atoms with Gasteiger partial charge in [-0.1, -0.05) is 27.2 Å². The molecule has 2 aromatic carbocycles. The van der Waals surface area contributed by atoms with Crippen molar-refractivity contribution in [1.82, 2.24) is 15.0 Å². The van der Waals surface area contributed by atoms with Gasteiger partial charge in [0.2, 0.25) is 5.88 Å². The van der Waals surface area contributed by atoms with Crippen LogP contribution in [-0.4, -0.2) is 27.2 Å². The van der Waals surface area contributed by atoms with Gasteiger partial charge >= 0.3 is 0 Å². The van der Waals surface area contributed by atoms with Gasteiger partial charge in [-0.2, -0.15) is 0 Å². The molecule has 0 saturated heterocycles. The van der Waals surface area contributed by atoms with Crippen molar-refractivity contribution < 1.29 is 14.6 Å². The Morgan fingerprint density at radius 3 is 2.58 bits per heavy atom. The molecule has 2 aromatic heterocycles. The maximum atomic E-state index is 11.0. The molecule has 0 aliphatic carbocycles. The molecule has 0 aliphatic heterocycles. The fourth-order valence-electron chi connectivity index (χ4n) is 3.46. The number of aryl methyl sites for hydroxylation is 1. The first-order chi connectivity index (χ1) is 14.7. The van der Waals surface area contributed by atoms with Crippen LogP contribution in [0, 0.1) is 24.9 Å². The summed E-state index contributed by atoms with van der Waals surface area (Å²) in [4.78, 5) is 14.0. The summed E-state index contributed by atoms with van der Waals surface area (Å²) < 4.78 is 11.4. The number of fused-ring (bicyclic) bond motifs is 2. The zero-order chi connectivity index (χ0) is 22.3. The van der Waals surface area contributed by atoms with E-state index in [1.807, 2.05) is 45.9 Å². The summed E-state index contributed by atoms with van der Waals surface area (Å²) in [6, 6.07) is 7.62. The summed E-state index contributed by atoms with van der Waals surface area (Å²) in [5.41, 5.74) is 4.41. The average Bonchev–Trinajstić information content (AvgIpc) is 3.15. The lowest BCUT2D eigenvalue weighted by Gasteiger charge is -2.26. The van der Waals surface area contributed by atoms with Crippen LogP contribution in [0.4, 0.5) is 0 Å². The molecule has 6 nitrogen and oxygen atoms in total. The van der Waals surface area contributed by atoms with E-state index in [2.05, 4.69) is 16.1 Å². The first kappa shape index (κ1) is 21.0. The van der Waals surface area contributed by atoms with Gasteiger partial charge in [0, 0.05) is 17.2 Å². The smallest absolute Gasteiger partial charge is 0.232 e. The molecule has 0 radical (unpaired) electrons. The third kappa shape index (κ3) is 3.92. The summed E-state index contributed by atoms with van der Waals surface area (Å²) in [5.74, 6) is 0.960. The molecule has 0 amide bonds. The van der Waals surface area contributed by atoms with Gasteiger partial charge in [-0.05, 0) is 36.1 Å². The van der Waals surface area contributed by atoms with Gasteiger partial charge < -0.3 is 14.6 Å². The summed E-state index contributed by atoms with van der Waals surface area (Å²) in [6.07, 6.45) is 8.40. The molecule has 0 spiro atoms. The number of methoxy groups -OCH3 is 1. The zero-order valence-corrected chi connectivity index (χ0v) is 18.9. The van der Waals surface area contributed by atoms with Crippen LogP contribution in [-0.2, 0) is 0 Å². The van der Waals surface area contributed by atoms with Crippen LogP contribution in [0.5, 0.6) is 11.6 Å². The lowest BCUT2D eigenvalue weighted by Crippen LogP contribution is -2.18. The Hall–Kier alpha value is -3.21. The minimum Gasteiger partial charge on any atom is -0.480 e. The number of ether oxygens (including phenoxy) is 2. The van der Waals surface area contributed by atoms with E-state index in [4.69, 9.17) is 20.9 Å². The van der Waals surface area contributed by atoms with Crippen LogP contribution in [0.3, 0.4) is 0 Å². The van der Waals surface area contributed by atoms with Crippen molar-refractivity contribution in [3.8, 4) is 34.7 Å².